The van der Waals surface area contributed by atoms with Gasteiger partial charge in [-0.2, -0.15) is 0 Å². The van der Waals surface area contributed by atoms with Gasteiger partial charge in [-0.3, -0.25) is 14.9 Å². The number of nitrogens with one attached hydrogen (secondary N) is 1. The summed E-state index contributed by atoms with van der Waals surface area (Å²) >= 11 is 0. The first kappa shape index (κ1) is 16.7. The second-order valence-corrected chi connectivity index (χ2v) is 7.14. The highest BCUT2D eigenvalue weighted by molar-refractivity contribution is 6.02. The Morgan fingerprint density at radius 3 is 2.65 bits per heavy atom. The van der Waals surface area contributed by atoms with Gasteiger partial charge in [0.05, 0.1) is 6.04 Å². The molecule has 0 aliphatic carbocycles. The number of anilines is 2. The normalized spacial score (nSPS) is 22.7. The number of hydrogen-bond donors (Lipinski definition) is 2. The first-order valence-electron chi connectivity index (χ1n) is 8.88. The lowest BCUT2D eigenvalue weighted by molar-refractivity contribution is -0.134. The average Bonchev–Trinajstić information content (AvgIpc) is 2.98. The molecule has 3 amide bonds. The molecule has 1 aromatic carbocycles. The highest BCUT2D eigenvalue weighted by Gasteiger charge is 2.38. The molecule has 1 atom stereocenters. The van der Waals surface area contributed by atoms with Gasteiger partial charge in [0.15, 0.2) is 0 Å². The number of nitrogens with zero attached hydrogens (tertiary/aromatic N) is 3. The summed E-state index contributed by atoms with van der Waals surface area (Å²) in [5.74, 6) is -0.416. The first-order valence-corrected chi connectivity index (χ1v) is 8.88. The SMILES string of the molecule is CN(C(=O)O)C1CN(c2cccc3c2CCN3[C@H]2CCC(=O)NC2=O)C1. The third-order valence-corrected chi connectivity index (χ3v) is 5.68. The van der Waals surface area contributed by atoms with Crippen molar-refractivity contribution in [3.05, 3.63) is 23.8 Å². The molecule has 0 spiro atoms. The van der Waals surface area contributed by atoms with Gasteiger partial charge in [0, 0.05) is 50.0 Å². The maximum atomic E-state index is 12.2. The van der Waals surface area contributed by atoms with Crippen LogP contribution in [-0.2, 0) is 16.0 Å². The van der Waals surface area contributed by atoms with Crippen LogP contribution in [0.5, 0.6) is 0 Å². The van der Waals surface area contributed by atoms with E-state index in [1.165, 1.54) is 10.5 Å². The second kappa shape index (κ2) is 6.19. The molecule has 26 heavy (non-hydrogen) atoms. The van der Waals surface area contributed by atoms with Crippen molar-refractivity contribution in [2.75, 3.05) is 36.5 Å². The zero-order chi connectivity index (χ0) is 18.4. The minimum atomic E-state index is -0.906. The Morgan fingerprint density at radius 2 is 1.96 bits per heavy atom. The van der Waals surface area contributed by atoms with Crippen LogP contribution in [0.2, 0.25) is 0 Å². The number of likely N-dealkylation sites (N-methyl/N-ethyl adjacent to an activating group) is 1. The van der Waals surface area contributed by atoms with Crippen molar-refractivity contribution in [1.82, 2.24) is 10.2 Å². The molecule has 138 valence electrons. The van der Waals surface area contributed by atoms with E-state index in [1.807, 2.05) is 12.1 Å². The van der Waals surface area contributed by atoms with E-state index in [9.17, 15) is 14.4 Å². The summed E-state index contributed by atoms with van der Waals surface area (Å²) < 4.78 is 0. The van der Waals surface area contributed by atoms with Crippen LogP contribution in [0.1, 0.15) is 18.4 Å². The Bertz CT molecular complexity index is 774. The average molecular weight is 358 g/mol. The van der Waals surface area contributed by atoms with E-state index in [-0.39, 0.29) is 23.9 Å². The topological polar surface area (TPSA) is 93.2 Å². The number of carbonyl (C=O) groups is 3. The number of carboxylic acid groups (broad SMARTS) is 1. The molecule has 3 aliphatic heterocycles. The van der Waals surface area contributed by atoms with E-state index in [0.29, 0.717) is 25.9 Å². The highest BCUT2D eigenvalue weighted by atomic mass is 16.4. The summed E-state index contributed by atoms with van der Waals surface area (Å²) in [5.41, 5.74) is 3.37. The van der Waals surface area contributed by atoms with Crippen LogP contribution in [0, 0.1) is 0 Å². The highest BCUT2D eigenvalue weighted by Crippen LogP contribution is 2.39. The molecule has 3 aliphatic rings. The van der Waals surface area contributed by atoms with Crippen LogP contribution in [0.15, 0.2) is 18.2 Å². The Hall–Kier alpha value is -2.77. The maximum Gasteiger partial charge on any atom is 0.407 e. The maximum absolute atomic E-state index is 12.2. The smallest absolute Gasteiger partial charge is 0.407 e. The van der Waals surface area contributed by atoms with Gasteiger partial charge >= 0.3 is 6.09 Å². The number of carbonyl (C=O) groups excluding carboxylic acids is 2. The summed E-state index contributed by atoms with van der Waals surface area (Å²) in [7, 11) is 1.60. The summed E-state index contributed by atoms with van der Waals surface area (Å²) in [4.78, 5) is 40.3. The van der Waals surface area contributed by atoms with E-state index in [2.05, 4.69) is 21.2 Å². The van der Waals surface area contributed by atoms with Crippen LogP contribution in [0.25, 0.3) is 0 Å². The number of benzene rings is 1. The van der Waals surface area contributed by atoms with Crippen molar-refractivity contribution in [2.45, 2.75) is 31.3 Å². The van der Waals surface area contributed by atoms with Crippen molar-refractivity contribution < 1.29 is 19.5 Å². The van der Waals surface area contributed by atoms with Gasteiger partial charge in [-0.1, -0.05) is 6.07 Å². The predicted molar refractivity (Wildman–Crippen MR) is 95.5 cm³/mol. The molecule has 2 fully saturated rings. The molecule has 0 unspecified atom stereocenters. The van der Waals surface area contributed by atoms with Crippen molar-refractivity contribution in [3.8, 4) is 0 Å². The molecular formula is C18H22N4O4. The minimum Gasteiger partial charge on any atom is -0.465 e. The third-order valence-electron chi connectivity index (χ3n) is 5.68. The quantitative estimate of drug-likeness (QED) is 0.771. The molecule has 8 heteroatoms. The number of hydrogen-bond acceptors (Lipinski definition) is 5. The molecule has 2 N–H and O–H groups in total. The molecular weight excluding hydrogens is 336 g/mol. The van der Waals surface area contributed by atoms with Crippen LogP contribution >= 0.6 is 0 Å². The lowest BCUT2D eigenvalue weighted by Gasteiger charge is -2.45. The van der Waals surface area contributed by atoms with Gasteiger partial charge in [0.25, 0.3) is 0 Å². The van der Waals surface area contributed by atoms with E-state index in [4.69, 9.17) is 5.11 Å². The van der Waals surface area contributed by atoms with E-state index < -0.39 is 6.09 Å². The molecule has 4 rings (SSSR count). The van der Waals surface area contributed by atoms with Crippen molar-refractivity contribution in [3.63, 3.8) is 0 Å². The fourth-order valence-corrected chi connectivity index (χ4v) is 4.09. The van der Waals surface area contributed by atoms with E-state index in [1.54, 1.807) is 7.05 Å². The molecule has 0 radical (unpaired) electrons. The van der Waals surface area contributed by atoms with Gasteiger partial charge in [-0.15, -0.1) is 0 Å². The monoisotopic (exact) mass is 358 g/mol. The number of fused-ring (bicyclic) bond motifs is 1. The predicted octanol–water partition coefficient (Wildman–Crippen LogP) is 0.653. The minimum absolute atomic E-state index is 0.0102. The van der Waals surface area contributed by atoms with Crippen molar-refractivity contribution in [2.24, 2.45) is 0 Å². The number of piperidine rings is 1. The number of imide groups is 1. The van der Waals surface area contributed by atoms with Gasteiger partial charge in [-0.05, 0) is 25.0 Å². The molecule has 0 saturated carbocycles. The Labute approximate surface area is 151 Å². The van der Waals surface area contributed by atoms with Gasteiger partial charge < -0.3 is 19.8 Å². The van der Waals surface area contributed by atoms with Crippen LogP contribution in [0.3, 0.4) is 0 Å². The number of rotatable bonds is 3. The molecule has 0 aromatic heterocycles. The van der Waals surface area contributed by atoms with E-state index >= 15 is 0 Å². The van der Waals surface area contributed by atoms with Gasteiger partial charge in [-0.25, -0.2) is 4.79 Å². The lowest BCUT2D eigenvalue weighted by atomic mass is 10.0. The summed E-state index contributed by atoms with van der Waals surface area (Å²) in [6.07, 6.45) is 0.858. The largest absolute Gasteiger partial charge is 0.465 e. The van der Waals surface area contributed by atoms with Crippen LogP contribution in [0.4, 0.5) is 16.2 Å². The molecule has 1 aromatic rings. The Kier molecular flexibility index (Phi) is 3.97. The summed E-state index contributed by atoms with van der Waals surface area (Å²) in [6.45, 7) is 2.11. The first-order chi connectivity index (χ1) is 12.5. The summed E-state index contributed by atoms with van der Waals surface area (Å²) in [6, 6.07) is 5.77. The van der Waals surface area contributed by atoms with Crippen molar-refractivity contribution in [1.29, 1.82) is 0 Å². The van der Waals surface area contributed by atoms with E-state index in [0.717, 1.165) is 24.3 Å². The van der Waals surface area contributed by atoms with Crippen molar-refractivity contribution >= 4 is 29.3 Å². The Balaban J connectivity index is 1.52. The second-order valence-electron chi connectivity index (χ2n) is 7.14. The molecule has 3 heterocycles. The zero-order valence-electron chi connectivity index (χ0n) is 14.6. The van der Waals surface area contributed by atoms with Crippen LogP contribution in [-0.4, -0.2) is 66.7 Å². The van der Waals surface area contributed by atoms with Gasteiger partial charge in [0.2, 0.25) is 11.8 Å². The van der Waals surface area contributed by atoms with Gasteiger partial charge in [0.1, 0.15) is 6.04 Å². The molecule has 2 saturated heterocycles. The lowest BCUT2D eigenvalue weighted by Crippen LogP contribution is -2.59. The Morgan fingerprint density at radius 1 is 1.23 bits per heavy atom. The standard InChI is InChI=1S/C18H22N4O4/c1-20(18(25)26)11-9-21(10-11)13-3-2-4-14-12(13)7-8-22(14)15-5-6-16(23)19-17(15)24/h2-4,11,15H,5-10H2,1H3,(H,25,26)(H,19,23,24)/t15-/m0/s1. The van der Waals surface area contributed by atoms with Crippen LogP contribution < -0.4 is 15.1 Å². The molecule has 0 bridgehead atoms. The number of amides is 3. The fraction of sp³-hybridized carbons (Fsp3) is 0.500. The zero-order valence-corrected chi connectivity index (χ0v) is 14.6. The third kappa shape index (κ3) is 2.65. The molecule has 8 nitrogen and oxygen atoms in total. The summed E-state index contributed by atoms with van der Waals surface area (Å²) in [5, 5.41) is 11.5. The fourth-order valence-electron chi connectivity index (χ4n) is 4.09.